The van der Waals surface area contributed by atoms with Crippen LogP contribution in [0.1, 0.15) is 12.8 Å². The number of amides is 1. The van der Waals surface area contributed by atoms with Crippen molar-refractivity contribution in [1.29, 1.82) is 0 Å². The van der Waals surface area contributed by atoms with E-state index in [4.69, 9.17) is 5.73 Å². The Labute approximate surface area is 88.9 Å². The minimum Gasteiger partial charge on any atom is -0.397 e. The van der Waals surface area contributed by atoms with Crippen LogP contribution >= 0.6 is 0 Å². The molecule has 80 valence electrons. The van der Waals surface area contributed by atoms with Crippen LogP contribution in [0.25, 0.3) is 0 Å². The Bertz CT molecular complexity index is 365. The van der Waals surface area contributed by atoms with Crippen molar-refractivity contribution in [3.8, 4) is 0 Å². The van der Waals surface area contributed by atoms with Gasteiger partial charge in [-0.25, -0.2) is 0 Å². The summed E-state index contributed by atoms with van der Waals surface area (Å²) < 4.78 is 0. The molecule has 0 bridgehead atoms. The summed E-state index contributed by atoms with van der Waals surface area (Å²) in [6, 6.07) is 7.86. The van der Waals surface area contributed by atoms with Gasteiger partial charge in [-0.1, -0.05) is 12.1 Å². The number of hydrogen-bond donors (Lipinski definition) is 3. The SMILES string of the molecule is Nc1ccccc1NCC1CCC(=O)N1. The molecule has 1 aliphatic heterocycles. The first-order chi connectivity index (χ1) is 7.25. The molecule has 1 aromatic rings. The van der Waals surface area contributed by atoms with Gasteiger partial charge in [0, 0.05) is 19.0 Å². The second kappa shape index (κ2) is 4.21. The smallest absolute Gasteiger partial charge is 0.220 e. The van der Waals surface area contributed by atoms with Gasteiger partial charge in [0.05, 0.1) is 11.4 Å². The van der Waals surface area contributed by atoms with E-state index in [0.717, 1.165) is 24.3 Å². The predicted octanol–water partition coefficient (Wildman–Crippen LogP) is 0.959. The van der Waals surface area contributed by atoms with E-state index in [9.17, 15) is 4.79 Å². The first-order valence-corrected chi connectivity index (χ1v) is 5.13. The topological polar surface area (TPSA) is 67.1 Å². The van der Waals surface area contributed by atoms with Crippen molar-refractivity contribution in [2.75, 3.05) is 17.6 Å². The fraction of sp³-hybridized carbons (Fsp3) is 0.364. The minimum atomic E-state index is 0.142. The van der Waals surface area contributed by atoms with Gasteiger partial charge < -0.3 is 16.4 Å². The van der Waals surface area contributed by atoms with E-state index >= 15 is 0 Å². The van der Waals surface area contributed by atoms with Crippen molar-refractivity contribution in [3.63, 3.8) is 0 Å². The standard InChI is InChI=1S/C11H15N3O/c12-9-3-1-2-4-10(9)13-7-8-5-6-11(15)14-8/h1-4,8,13H,5-7,12H2,(H,14,15). The van der Waals surface area contributed by atoms with Crippen LogP contribution in [0.15, 0.2) is 24.3 Å². The Morgan fingerprint density at radius 3 is 2.93 bits per heavy atom. The van der Waals surface area contributed by atoms with Gasteiger partial charge in [-0.15, -0.1) is 0 Å². The summed E-state index contributed by atoms with van der Waals surface area (Å²) in [6.45, 7) is 0.736. The van der Waals surface area contributed by atoms with Crippen molar-refractivity contribution in [1.82, 2.24) is 5.32 Å². The molecule has 0 aromatic heterocycles. The molecule has 1 aromatic carbocycles. The molecule has 1 fully saturated rings. The average molecular weight is 205 g/mol. The van der Waals surface area contributed by atoms with Crippen LogP contribution in [0.2, 0.25) is 0 Å². The number of nitrogen functional groups attached to an aromatic ring is 1. The van der Waals surface area contributed by atoms with Crippen molar-refractivity contribution in [2.24, 2.45) is 0 Å². The summed E-state index contributed by atoms with van der Waals surface area (Å²) in [5, 5.41) is 6.14. The molecule has 0 spiro atoms. The van der Waals surface area contributed by atoms with Gasteiger partial charge in [0.25, 0.3) is 0 Å². The van der Waals surface area contributed by atoms with Crippen molar-refractivity contribution >= 4 is 17.3 Å². The largest absolute Gasteiger partial charge is 0.397 e. The molecule has 2 rings (SSSR count). The maximum atomic E-state index is 11.0. The monoisotopic (exact) mass is 205 g/mol. The third-order valence-corrected chi connectivity index (χ3v) is 2.58. The summed E-state index contributed by atoms with van der Waals surface area (Å²) in [5.74, 6) is 0.142. The van der Waals surface area contributed by atoms with Crippen LogP contribution in [-0.2, 0) is 4.79 Å². The number of nitrogens with one attached hydrogen (secondary N) is 2. The summed E-state index contributed by atoms with van der Waals surface area (Å²) in [7, 11) is 0. The normalized spacial score (nSPS) is 20.0. The molecule has 15 heavy (non-hydrogen) atoms. The van der Waals surface area contributed by atoms with Crippen molar-refractivity contribution in [2.45, 2.75) is 18.9 Å². The summed E-state index contributed by atoms with van der Waals surface area (Å²) in [6.07, 6.45) is 1.54. The molecule has 1 unspecified atom stereocenters. The van der Waals surface area contributed by atoms with Gasteiger partial charge in [-0.2, -0.15) is 0 Å². The minimum absolute atomic E-state index is 0.142. The summed E-state index contributed by atoms with van der Waals surface area (Å²) in [5.41, 5.74) is 7.45. The van der Waals surface area contributed by atoms with Crippen LogP contribution in [0.5, 0.6) is 0 Å². The number of hydrogen-bond acceptors (Lipinski definition) is 3. The van der Waals surface area contributed by atoms with E-state index in [0.29, 0.717) is 6.42 Å². The molecule has 4 N–H and O–H groups in total. The van der Waals surface area contributed by atoms with E-state index in [-0.39, 0.29) is 11.9 Å². The van der Waals surface area contributed by atoms with Crippen LogP contribution in [0.4, 0.5) is 11.4 Å². The Kier molecular flexibility index (Phi) is 2.76. The lowest BCUT2D eigenvalue weighted by atomic mass is 10.2. The van der Waals surface area contributed by atoms with Crippen LogP contribution in [0, 0.1) is 0 Å². The molecular weight excluding hydrogens is 190 g/mol. The van der Waals surface area contributed by atoms with E-state index in [2.05, 4.69) is 10.6 Å². The van der Waals surface area contributed by atoms with E-state index in [1.807, 2.05) is 24.3 Å². The Morgan fingerprint density at radius 1 is 1.47 bits per heavy atom. The van der Waals surface area contributed by atoms with Crippen LogP contribution < -0.4 is 16.4 Å². The van der Waals surface area contributed by atoms with Gasteiger partial charge in [0.2, 0.25) is 5.91 Å². The molecule has 1 aliphatic rings. The van der Waals surface area contributed by atoms with Crippen LogP contribution in [0.3, 0.4) is 0 Å². The third-order valence-electron chi connectivity index (χ3n) is 2.58. The number of carbonyl (C=O) groups is 1. The van der Waals surface area contributed by atoms with Crippen molar-refractivity contribution in [3.05, 3.63) is 24.3 Å². The van der Waals surface area contributed by atoms with Gasteiger partial charge >= 0.3 is 0 Å². The molecule has 1 heterocycles. The molecule has 1 atom stereocenters. The third kappa shape index (κ3) is 2.40. The molecule has 0 aliphatic carbocycles. The zero-order valence-electron chi connectivity index (χ0n) is 8.49. The Morgan fingerprint density at radius 2 is 2.27 bits per heavy atom. The van der Waals surface area contributed by atoms with Gasteiger partial charge in [-0.3, -0.25) is 4.79 Å². The van der Waals surface area contributed by atoms with E-state index in [1.54, 1.807) is 0 Å². The second-order valence-electron chi connectivity index (χ2n) is 3.77. The van der Waals surface area contributed by atoms with Crippen molar-refractivity contribution < 1.29 is 4.79 Å². The van der Waals surface area contributed by atoms with E-state index in [1.165, 1.54) is 0 Å². The molecule has 1 saturated heterocycles. The molecule has 4 nitrogen and oxygen atoms in total. The first kappa shape index (κ1) is 9.83. The number of anilines is 2. The van der Waals surface area contributed by atoms with Gasteiger partial charge in [0.1, 0.15) is 0 Å². The molecule has 0 radical (unpaired) electrons. The van der Waals surface area contributed by atoms with E-state index < -0.39 is 0 Å². The number of benzene rings is 1. The highest BCUT2D eigenvalue weighted by Gasteiger charge is 2.20. The zero-order chi connectivity index (χ0) is 10.7. The predicted molar refractivity (Wildman–Crippen MR) is 60.5 cm³/mol. The number of rotatable bonds is 3. The summed E-state index contributed by atoms with van der Waals surface area (Å²) in [4.78, 5) is 11.0. The summed E-state index contributed by atoms with van der Waals surface area (Å²) >= 11 is 0. The highest BCUT2D eigenvalue weighted by atomic mass is 16.1. The number of nitrogens with two attached hydrogens (primary N) is 1. The first-order valence-electron chi connectivity index (χ1n) is 5.13. The molecule has 1 amide bonds. The highest BCUT2D eigenvalue weighted by molar-refractivity contribution is 5.78. The molecular formula is C11H15N3O. The lowest BCUT2D eigenvalue weighted by molar-refractivity contribution is -0.119. The zero-order valence-corrected chi connectivity index (χ0v) is 8.49. The molecule has 4 heteroatoms. The van der Waals surface area contributed by atoms with Gasteiger partial charge in [-0.05, 0) is 18.6 Å². The average Bonchev–Trinajstić information content (AvgIpc) is 2.63. The fourth-order valence-corrected chi connectivity index (χ4v) is 1.72. The maximum Gasteiger partial charge on any atom is 0.220 e. The number of carbonyl (C=O) groups excluding carboxylic acids is 1. The molecule has 0 saturated carbocycles. The Balaban J connectivity index is 1.88. The fourth-order valence-electron chi connectivity index (χ4n) is 1.72. The van der Waals surface area contributed by atoms with Gasteiger partial charge in [0.15, 0.2) is 0 Å². The lowest BCUT2D eigenvalue weighted by Gasteiger charge is -2.13. The van der Waals surface area contributed by atoms with Crippen LogP contribution in [-0.4, -0.2) is 18.5 Å². The number of para-hydroxylation sites is 2. The quantitative estimate of drug-likeness (QED) is 0.644. The lowest BCUT2D eigenvalue weighted by Crippen LogP contribution is -2.31. The highest BCUT2D eigenvalue weighted by Crippen LogP contribution is 2.17. The maximum absolute atomic E-state index is 11.0. The second-order valence-corrected chi connectivity index (χ2v) is 3.77. The Hall–Kier alpha value is -1.71.